The molecule has 0 bridgehead atoms. The number of ether oxygens (including phenoxy) is 7. The lowest BCUT2D eigenvalue weighted by atomic mass is 9.86. The van der Waals surface area contributed by atoms with Crippen LogP contribution >= 0.6 is 0 Å². The van der Waals surface area contributed by atoms with E-state index in [1.807, 2.05) is 0 Å². The second-order valence-electron chi connectivity index (χ2n) is 7.79. The van der Waals surface area contributed by atoms with E-state index >= 15 is 0 Å². The minimum Gasteiger partial charge on any atom is -0.469 e. The maximum Gasteiger partial charge on any atom is 0.337 e. The minimum atomic E-state index is -1.73. The van der Waals surface area contributed by atoms with Crippen LogP contribution in [0.4, 0.5) is 0 Å². The summed E-state index contributed by atoms with van der Waals surface area (Å²) in [4.78, 5) is 47.2. The van der Waals surface area contributed by atoms with Crippen LogP contribution in [0.3, 0.4) is 0 Å². The van der Waals surface area contributed by atoms with E-state index in [1.54, 1.807) is 0 Å². The molecular weight excluding hydrogens is 488 g/mol. The van der Waals surface area contributed by atoms with E-state index in [0.717, 1.165) is 27.4 Å². The summed E-state index contributed by atoms with van der Waals surface area (Å²) in [6.07, 6.45) is -7.15. The van der Waals surface area contributed by atoms with E-state index < -0.39 is 73.4 Å². The molecule has 14 nitrogen and oxygen atoms in total. The molecule has 0 aromatic heterocycles. The van der Waals surface area contributed by atoms with E-state index in [0.29, 0.717) is 0 Å². The number of hydrogen-bond acceptors (Lipinski definition) is 14. The molecule has 0 spiro atoms. The van der Waals surface area contributed by atoms with Crippen molar-refractivity contribution < 1.29 is 67.7 Å². The van der Waals surface area contributed by atoms with Crippen molar-refractivity contribution >= 4 is 23.9 Å². The molecule has 0 aliphatic carbocycles. The first-order chi connectivity index (χ1) is 17.0. The highest BCUT2D eigenvalue weighted by molar-refractivity contribution is 5.90. The first-order valence-corrected chi connectivity index (χ1v) is 10.8. The molecule has 2 heterocycles. The third-order valence-electron chi connectivity index (χ3n) is 5.38. The SMILES string of the molecule is COC(=O)C[C@@H]1C(C(=O)OC)=CO[C@@H](O[C@@H]2O[C@H](CO)[C@@H](O)[C@H](OC(C)=O)[C@H]2O)/C1=C/COC(C)=O. The molecule has 3 N–H and O–H groups in total. The summed E-state index contributed by atoms with van der Waals surface area (Å²) >= 11 is 0. The number of carbonyl (C=O) groups excluding carboxylic acids is 4. The van der Waals surface area contributed by atoms with Crippen molar-refractivity contribution in [2.75, 3.05) is 27.4 Å². The number of methoxy groups -OCH3 is 2. The summed E-state index contributed by atoms with van der Waals surface area (Å²) < 4.78 is 36.1. The molecule has 36 heavy (non-hydrogen) atoms. The number of aliphatic hydroxyl groups is 3. The van der Waals surface area contributed by atoms with Gasteiger partial charge >= 0.3 is 23.9 Å². The van der Waals surface area contributed by atoms with Crippen molar-refractivity contribution in [2.24, 2.45) is 5.92 Å². The van der Waals surface area contributed by atoms with E-state index in [1.165, 1.54) is 13.0 Å². The number of aliphatic hydroxyl groups excluding tert-OH is 3. The average Bonchev–Trinajstić information content (AvgIpc) is 2.83. The van der Waals surface area contributed by atoms with Crippen LogP contribution in [0.2, 0.25) is 0 Å². The first-order valence-electron chi connectivity index (χ1n) is 10.8. The fourth-order valence-corrected chi connectivity index (χ4v) is 3.65. The maximum atomic E-state index is 12.3. The Morgan fingerprint density at radius 2 is 1.75 bits per heavy atom. The zero-order chi connectivity index (χ0) is 27.0. The molecule has 2 aliphatic rings. The summed E-state index contributed by atoms with van der Waals surface area (Å²) in [6, 6.07) is 0. The van der Waals surface area contributed by atoms with Gasteiger partial charge in [0.05, 0.1) is 39.1 Å². The summed E-state index contributed by atoms with van der Waals surface area (Å²) in [5, 5.41) is 30.5. The Kier molecular flexibility index (Phi) is 10.8. The van der Waals surface area contributed by atoms with Crippen LogP contribution in [-0.2, 0) is 52.3 Å². The van der Waals surface area contributed by atoms with Crippen molar-refractivity contribution in [3.05, 3.63) is 23.5 Å². The van der Waals surface area contributed by atoms with Crippen molar-refractivity contribution in [2.45, 2.75) is 57.3 Å². The molecule has 2 aliphatic heterocycles. The second kappa shape index (κ2) is 13.3. The molecule has 1 saturated heterocycles. The van der Waals surface area contributed by atoms with Gasteiger partial charge in [0.2, 0.25) is 6.29 Å². The normalized spacial score (nSPS) is 31.0. The number of carbonyl (C=O) groups is 4. The Labute approximate surface area is 206 Å². The lowest BCUT2D eigenvalue weighted by Gasteiger charge is -2.43. The number of hydrogen-bond donors (Lipinski definition) is 3. The van der Waals surface area contributed by atoms with Gasteiger partial charge in [0, 0.05) is 25.3 Å². The van der Waals surface area contributed by atoms with Gasteiger partial charge in [0.25, 0.3) is 0 Å². The van der Waals surface area contributed by atoms with Gasteiger partial charge in [0.15, 0.2) is 12.4 Å². The molecule has 0 aromatic carbocycles. The Morgan fingerprint density at radius 3 is 2.31 bits per heavy atom. The molecule has 0 radical (unpaired) electrons. The second-order valence-corrected chi connectivity index (χ2v) is 7.79. The van der Waals surface area contributed by atoms with Crippen molar-refractivity contribution in [3.63, 3.8) is 0 Å². The minimum absolute atomic E-state index is 0.0663. The third kappa shape index (κ3) is 7.24. The maximum absolute atomic E-state index is 12.3. The topological polar surface area (TPSA) is 194 Å². The Morgan fingerprint density at radius 1 is 1.06 bits per heavy atom. The number of esters is 4. The monoisotopic (exact) mass is 518 g/mol. The molecule has 202 valence electrons. The Bertz CT molecular complexity index is 880. The Balaban J connectivity index is 2.43. The highest BCUT2D eigenvalue weighted by Gasteiger charge is 2.49. The molecule has 0 unspecified atom stereocenters. The highest BCUT2D eigenvalue weighted by atomic mass is 16.8. The molecule has 14 heteroatoms. The summed E-state index contributed by atoms with van der Waals surface area (Å²) in [7, 11) is 2.28. The van der Waals surface area contributed by atoms with Crippen LogP contribution in [-0.4, -0.2) is 104 Å². The van der Waals surface area contributed by atoms with Crippen LogP contribution in [0.25, 0.3) is 0 Å². The van der Waals surface area contributed by atoms with Gasteiger partial charge in [-0.3, -0.25) is 14.4 Å². The molecule has 0 amide bonds. The van der Waals surface area contributed by atoms with Gasteiger partial charge in [-0.05, 0) is 6.08 Å². The van der Waals surface area contributed by atoms with E-state index in [2.05, 4.69) is 0 Å². The molecule has 0 saturated carbocycles. The van der Waals surface area contributed by atoms with Gasteiger partial charge in [-0.2, -0.15) is 0 Å². The zero-order valence-corrected chi connectivity index (χ0v) is 20.1. The first kappa shape index (κ1) is 29.2. The zero-order valence-electron chi connectivity index (χ0n) is 20.1. The van der Waals surface area contributed by atoms with Gasteiger partial charge < -0.3 is 48.5 Å². The molecule has 0 aromatic rings. The standard InChI is InChI=1S/C22H30O14/c1-10(24)32-6-5-12-13(7-16(26)30-3)14(20(29)31-4)9-33-21(12)36-22-18(28)19(34-11(2)25)17(27)15(8-23)35-22/h5,9,13,15,17-19,21-23,27-28H,6-8H2,1-4H3/b12-5+/t13-,15+,17+,18+,19-,21-,22-/m0/s1. The van der Waals surface area contributed by atoms with E-state index in [-0.39, 0.29) is 24.2 Å². The predicted molar refractivity (Wildman–Crippen MR) is 114 cm³/mol. The predicted octanol–water partition coefficient (Wildman–Crippen LogP) is -1.54. The number of rotatable bonds is 9. The molecule has 2 rings (SSSR count). The van der Waals surface area contributed by atoms with Gasteiger partial charge in [-0.1, -0.05) is 0 Å². The molecule has 1 fully saturated rings. The summed E-state index contributed by atoms with van der Waals surface area (Å²) in [5.74, 6) is -3.93. The fourth-order valence-electron chi connectivity index (χ4n) is 3.65. The molecule has 7 atom stereocenters. The van der Waals surface area contributed by atoms with Crippen LogP contribution in [0.1, 0.15) is 20.3 Å². The quantitative estimate of drug-likeness (QED) is 0.180. The van der Waals surface area contributed by atoms with Gasteiger partial charge in [-0.25, -0.2) is 4.79 Å². The van der Waals surface area contributed by atoms with Crippen molar-refractivity contribution in [3.8, 4) is 0 Å². The fraction of sp³-hybridized carbons (Fsp3) is 0.636. The van der Waals surface area contributed by atoms with Gasteiger partial charge in [0.1, 0.15) is 24.9 Å². The van der Waals surface area contributed by atoms with Crippen LogP contribution in [0, 0.1) is 5.92 Å². The van der Waals surface area contributed by atoms with Crippen molar-refractivity contribution in [1.29, 1.82) is 0 Å². The van der Waals surface area contributed by atoms with Crippen LogP contribution < -0.4 is 0 Å². The van der Waals surface area contributed by atoms with E-state index in [4.69, 9.17) is 33.2 Å². The van der Waals surface area contributed by atoms with E-state index in [9.17, 15) is 34.5 Å². The lowest BCUT2D eigenvalue weighted by Crippen LogP contribution is -2.61. The van der Waals surface area contributed by atoms with Crippen LogP contribution in [0.15, 0.2) is 23.5 Å². The summed E-state index contributed by atoms with van der Waals surface area (Å²) in [5.41, 5.74) is 0.0550. The average molecular weight is 518 g/mol. The largest absolute Gasteiger partial charge is 0.469 e. The lowest BCUT2D eigenvalue weighted by molar-refractivity contribution is -0.328. The molecular formula is C22H30O14. The highest BCUT2D eigenvalue weighted by Crippen LogP contribution is 2.36. The third-order valence-corrected chi connectivity index (χ3v) is 5.38. The smallest absolute Gasteiger partial charge is 0.337 e. The van der Waals surface area contributed by atoms with Crippen molar-refractivity contribution in [1.82, 2.24) is 0 Å². The van der Waals surface area contributed by atoms with Gasteiger partial charge in [-0.15, -0.1) is 0 Å². The van der Waals surface area contributed by atoms with Crippen LogP contribution in [0.5, 0.6) is 0 Å². The Hall–Kier alpha value is -3.04. The summed E-state index contributed by atoms with van der Waals surface area (Å²) in [6.45, 7) is 1.25.